The largest absolute Gasteiger partial charge is 0.416 e. The lowest BCUT2D eigenvalue weighted by atomic mass is 9.97. The van der Waals surface area contributed by atoms with Crippen LogP contribution >= 0.6 is 23.1 Å². The van der Waals surface area contributed by atoms with Crippen molar-refractivity contribution in [3.8, 4) is 0 Å². The van der Waals surface area contributed by atoms with E-state index in [4.69, 9.17) is 4.42 Å². The molecule has 0 bridgehead atoms. The van der Waals surface area contributed by atoms with Crippen molar-refractivity contribution in [3.63, 3.8) is 0 Å². The van der Waals surface area contributed by atoms with E-state index in [9.17, 15) is 4.79 Å². The number of aromatic amines is 1. The Kier molecular flexibility index (Phi) is 4.74. The quantitative estimate of drug-likeness (QED) is 0.498. The van der Waals surface area contributed by atoms with Gasteiger partial charge in [-0.3, -0.25) is 4.79 Å². The van der Waals surface area contributed by atoms with E-state index in [1.807, 2.05) is 30.3 Å². The fourth-order valence-electron chi connectivity index (χ4n) is 3.55. The Morgan fingerprint density at radius 2 is 2.00 bits per heavy atom. The second-order valence-electron chi connectivity index (χ2n) is 6.82. The number of hydrogen-bond donors (Lipinski definition) is 1. The van der Waals surface area contributed by atoms with Gasteiger partial charge in [0.2, 0.25) is 5.89 Å². The summed E-state index contributed by atoms with van der Waals surface area (Å²) in [7, 11) is 0. The third-order valence-corrected chi connectivity index (χ3v) is 6.87. The van der Waals surface area contributed by atoms with Gasteiger partial charge in [0.1, 0.15) is 10.7 Å². The Labute approximate surface area is 169 Å². The maximum absolute atomic E-state index is 12.6. The summed E-state index contributed by atoms with van der Waals surface area (Å²) < 4.78 is 5.72. The van der Waals surface area contributed by atoms with Gasteiger partial charge in [-0.15, -0.1) is 21.5 Å². The number of thiophene rings is 1. The molecule has 0 aliphatic heterocycles. The van der Waals surface area contributed by atoms with Gasteiger partial charge >= 0.3 is 0 Å². The van der Waals surface area contributed by atoms with Gasteiger partial charge in [0, 0.05) is 4.88 Å². The minimum atomic E-state index is -0.0321. The van der Waals surface area contributed by atoms with Crippen LogP contribution in [0.1, 0.15) is 40.6 Å². The molecule has 1 aliphatic rings. The third-order valence-electron chi connectivity index (χ3n) is 4.85. The summed E-state index contributed by atoms with van der Waals surface area (Å²) in [5.41, 5.74) is 2.30. The molecule has 0 amide bonds. The van der Waals surface area contributed by atoms with E-state index in [2.05, 4.69) is 20.2 Å². The summed E-state index contributed by atoms with van der Waals surface area (Å²) in [6, 6.07) is 10.0. The molecule has 4 aromatic rings. The lowest BCUT2D eigenvalue weighted by Gasteiger charge is -2.09. The zero-order valence-electron chi connectivity index (χ0n) is 15.1. The second kappa shape index (κ2) is 7.52. The van der Waals surface area contributed by atoms with Crippen LogP contribution in [-0.4, -0.2) is 20.2 Å². The Bertz CT molecular complexity index is 1180. The molecule has 0 saturated heterocycles. The van der Waals surface area contributed by atoms with Crippen molar-refractivity contribution in [1.82, 2.24) is 20.2 Å². The van der Waals surface area contributed by atoms with E-state index in [0.717, 1.165) is 35.0 Å². The molecule has 0 spiro atoms. The molecule has 1 aromatic carbocycles. The number of nitrogens with zero attached hydrogens (tertiary/aromatic N) is 3. The maximum atomic E-state index is 12.6. The molecule has 8 heteroatoms. The summed E-state index contributed by atoms with van der Waals surface area (Å²) in [6.45, 7) is 0. The Hall–Kier alpha value is -2.45. The maximum Gasteiger partial charge on any atom is 0.277 e. The SMILES string of the molecule is O=c1[nH]c(CSc2nnc(Cc3ccccc3)o2)nc2sc3c(c12)CCCC3. The number of nitrogens with one attached hydrogen (secondary N) is 1. The van der Waals surface area contributed by atoms with Gasteiger partial charge < -0.3 is 9.40 Å². The topological polar surface area (TPSA) is 84.7 Å². The minimum Gasteiger partial charge on any atom is -0.416 e. The molecule has 0 radical (unpaired) electrons. The standard InChI is InChI=1S/C20H18N4O2S2/c25-18-17-13-8-4-5-9-14(13)28-19(17)22-15(21-18)11-27-20-24-23-16(26-20)10-12-6-2-1-3-7-12/h1-3,6-7H,4-5,8-11H2,(H,21,22,25). The Morgan fingerprint density at radius 3 is 2.89 bits per heavy atom. The third kappa shape index (κ3) is 3.49. The first-order chi connectivity index (χ1) is 13.8. The first kappa shape index (κ1) is 17.6. The Balaban J connectivity index is 1.32. The highest BCUT2D eigenvalue weighted by atomic mass is 32.2. The van der Waals surface area contributed by atoms with Crippen LogP contribution in [0.4, 0.5) is 0 Å². The monoisotopic (exact) mass is 410 g/mol. The average molecular weight is 411 g/mol. The number of aromatic nitrogens is 4. The van der Waals surface area contributed by atoms with Gasteiger partial charge in [-0.1, -0.05) is 42.1 Å². The van der Waals surface area contributed by atoms with Crippen molar-refractivity contribution >= 4 is 33.3 Å². The van der Waals surface area contributed by atoms with E-state index < -0.39 is 0 Å². The first-order valence-corrected chi connectivity index (χ1v) is 11.1. The zero-order valence-corrected chi connectivity index (χ0v) is 16.7. The number of aryl methyl sites for hydroxylation is 2. The number of H-pyrrole nitrogens is 1. The molecule has 0 saturated carbocycles. The van der Waals surface area contributed by atoms with Crippen LogP contribution in [0.2, 0.25) is 0 Å². The number of benzene rings is 1. The molecule has 1 N–H and O–H groups in total. The molecule has 28 heavy (non-hydrogen) atoms. The molecular formula is C20H18N4O2S2. The molecule has 0 atom stereocenters. The number of thioether (sulfide) groups is 1. The highest BCUT2D eigenvalue weighted by Crippen LogP contribution is 2.33. The second-order valence-corrected chi connectivity index (χ2v) is 8.83. The molecule has 6 nitrogen and oxygen atoms in total. The molecule has 142 valence electrons. The van der Waals surface area contributed by atoms with Gasteiger partial charge in [-0.2, -0.15) is 0 Å². The summed E-state index contributed by atoms with van der Waals surface area (Å²) in [4.78, 5) is 22.4. The van der Waals surface area contributed by atoms with Gasteiger partial charge in [-0.05, 0) is 36.8 Å². The van der Waals surface area contributed by atoms with Crippen molar-refractivity contribution in [1.29, 1.82) is 0 Å². The van der Waals surface area contributed by atoms with Crippen LogP contribution in [0.3, 0.4) is 0 Å². The van der Waals surface area contributed by atoms with Crippen LogP contribution in [0.15, 0.2) is 44.8 Å². The zero-order chi connectivity index (χ0) is 18.9. The lowest BCUT2D eigenvalue weighted by Crippen LogP contribution is -2.12. The van der Waals surface area contributed by atoms with Gasteiger partial charge in [0.25, 0.3) is 10.8 Å². The molecule has 1 aliphatic carbocycles. The number of hydrogen-bond acceptors (Lipinski definition) is 7. The molecule has 5 rings (SSSR count). The molecule has 3 aromatic heterocycles. The molecule has 3 heterocycles. The first-order valence-electron chi connectivity index (χ1n) is 9.29. The average Bonchev–Trinajstić information content (AvgIpc) is 3.31. The molecule has 0 fully saturated rings. The predicted molar refractivity (Wildman–Crippen MR) is 110 cm³/mol. The van der Waals surface area contributed by atoms with Crippen molar-refractivity contribution in [2.45, 2.75) is 43.1 Å². The van der Waals surface area contributed by atoms with Gasteiger partial charge in [-0.25, -0.2) is 4.98 Å². The van der Waals surface area contributed by atoms with Crippen molar-refractivity contribution in [3.05, 3.63) is 68.4 Å². The Morgan fingerprint density at radius 1 is 1.14 bits per heavy atom. The van der Waals surface area contributed by atoms with Gasteiger partial charge in [0.05, 0.1) is 17.6 Å². The van der Waals surface area contributed by atoms with Crippen LogP contribution < -0.4 is 5.56 Å². The van der Waals surface area contributed by atoms with Gasteiger partial charge in [0.15, 0.2) is 0 Å². The van der Waals surface area contributed by atoms with E-state index in [-0.39, 0.29) is 5.56 Å². The lowest BCUT2D eigenvalue weighted by molar-refractivity contribution is 0.420. The summed E-state index contributed by atoms with van der Waals surface area (Å²) in [5, 5.41) is 9.48. The van der Waals surface area contributed by atoms with Crippen LogP contribution in [0, 0.1) is 0 Å². The highest BCUT2D eigenvalue weighted by molar-refractivity contribution is 7.98. The van der Waals surface area contributed by atoms with E-state index in [1.165, 1.54) is 28.6 Å². The fraction of sp³-hybridized carbons (Fsp3) is 0.300. The van der Waals surface area contributed by atoms with E-state index in [1.54, 1.807) is 11.3 Å². The van der Waals surface area contributed by atoms with E-state index in [0.29, 0.717) is 29.1 Å². The van der Waals surface area contributed by atoms with Crippen molar-refractivity contribution in [2.24, 2.45) is 0 Å². The van der Waals surface area contributed by atoms with Crippen molar-refractivity contribution < 1.29 is 4.42 Å². The van der Waals surface area contributed by atoms with Crippen molar-refractivity contribution in [2.75, 3.05) is 0 Å². The summed E-state index contributed by atoms with van der Waals surface area (Å²) in [5.74, 6) is 1.71. The predicted octanol–water partition coefficient (Wildman–Crippen LogP) is 4.13. The normalized spacial score (nSPS) is 13.7. The van der Waals surface area contributed by atoms with Crippen LogP contribution in [-0.2, 0) is 25.0 Å². The minimum absolute atomic E-state index is 0.0321. The number of fused-ring (bicyclic) bond motifs is 3. The van der Waals surface area contributed by atoms with Crippen LogP contribution in [0.25, 0.3) is 10.2 Å². The number of rotatable bonds is 5. The van der Waals surface area contributed by atoms with Crippen LogP contribution in [0.5, 0.6) is 0 Å². The molecule has 0 unspecified atom stereocenters. The molecular weight excluding hydrogens is 392 g/mol. The summed E-state index contributed by atoms with van der Waals surface area (Å²) in [6.07, 6.45) is 5.00. The van der Waals surface area contributed by atoms with E-state index >= 15 is 0 Å². The summed E-state index contributed by atoms with van der Waals surface area (Å²) >= 11 is 3.05. The smallest absolute Gasteiger partial charge is 0.277 e. The fourth-order valence-corrected chi connectivity index (χ4v) is 5.48. The highest BCUT2D eigenvalue weighted by Gasteiger charge is 2.20.